The van der Waals surface area contributed by atoms with Crippen LogP contribution in [-0.4, -0.2) is 37.8 Å². The van der Waals surface area contributed by atoms with E-state index in [0.717, 1.165) is 38.1 Å². The molecule has 0 spiro atoms. The zero-order valence-electron chi connectivity index (χ0n) is 11.0. The van der Waals surface area contributed by atoms with Crippen molar-refractivity contribution < 1.29 is 18.3 Å². The lowest BCUT2D eigenvalue weighted by atomic mass is 10.2. The van der Waals surface area contributed by atoms with E-state index in [0.29, 0.717) is 6.10 Å². The first-order chi connectivity index (χ1) is 9.13. The molecule has 3 nitrogen and oxygen atoms in total. The van der Waals surface area contributed by atoms with Crippen LogP contribution in [-0.2, 0) is 11.3 Å². The number of rotatable bonds is 6. The molecule has 0 radical (unpaired) electrons. The van der Waals surface area contributed by atoms with Gasteiger partial charge < -0.3 is 9.47 Å². The summed E-state index contributed by atoms with van der Waals surface area (Å²) in [6, 6.07) is 6.76. The largest absolute Gasteiger partial charge is 0.435 e. The third-order valence-corrected chi connectivity index (χ3v) is 3.14. The SMILES string of the molecule is CN(Cc1ccc(OC(F)F)cc1)CC1CCCO1. The number of hydrogen-bond acceptors (Lipinski definition) is 3. The first-order valence-corrected chi connectivity index (χ1v) is 6.47. The van der Waals surface area contributed by atoms with E-state index in [9.17, 15) is 8.78 Å². The summed E-state index contributed by atoms with van der Waals surface area (Å²) in [5.41, 5.74) is 1.07. The Bertz CT molecular complexity index is 378. The van der Waals surface area contributed by atoms with Crippen LogP contribution >= 0.6 is 0 Å². The summed E-state index contributed by atoms with van der Waals surface area (Å²) in [6.45, 7) is -0.240. The van der Waals surface area contributed by atoms with Gasteiger partial charge >= 0.3 is 6.61 Å². The van der Waals surface area contributed by atoms with Gasteiger partial charge in [0.05, 0.1) is 6.10 Å². The van der Waals surface area contributed by atoms with Crippen LogP contribution in [0.3, 0.4) is 0 Å². The van der Waals surface area contributed by atoms with E-state index in [1.807, 2.05) is 19.2 Å². The molecule has 1 heterocycles. The van der Waals surface area contributed by atoms with Gasteiger partial charge in [0.2, 0.25) is 0 Å². The monoisotopic (exact) mass is 271 g/mol. The number of benzene rings is 1. The predicted molar refractivity (Wildman–Crippen MR) is 68.4 cm³/mol. The molecule has 0 amide bonds. The van der Waals surface area contributed by atoms with Crippen LogP contribution in [0.25, 0.3) is 0 Å². The number of hydrogen-bond donors (Lipinski definition) is 0. The van der Waals surface area contributed by atoms with Crippen LogP contribution in [0.1, 0.15) is 18.4 Å². The van der Waals surface area contributed by atoms with Gasteiger partial charge in [-0.2, -0.15) is 8.78 Å². The summed E-state index contributed by atoms with van der Waals surface area (Å²) in [6.07, 6.45) is 2.58. The summed E-state index contributed by atoms with van der Waals surface area (Å²) in [4.78, 5) is 2.18. The third-order valence-electron chi connectivity index (χ3n) is 3.14. The Morgan fingerprint density at radius 2 is 2.11 bits per heavy atom. The minimum atomic E-state index is -2.77. The maximum Gasteiger partial charge on any atom is 0.387 e. The highest BCUT2D eigenvalue weighted by molar-refractivity contribution is 5.27. The summed E-state index contributed by atoms with van der Waals surface area (Å²) in [7, 11) is 2.03. The molecule has 1 aromatic rings. The summed E-state index contributed by atoms with van der Waals surface area (Å²) in [5, 5.41) is 0. The first kappa shape index (κ1) is 14.2. The third kappa shape index (κ3) is 4.76. The van der Waals surface area contributed by atoms with E-state index < -0.39 is 6.61 Å². The second kappa shape index (κ2) is 6.82. The van der Waals surface area contributed by atoms with Crippen molar-refractivity contribution in [3.05, 3.63) is 29.8 Å². The molecule has 0 N–H and O–H groups in total. The van der Waals surface area contributed by atoms with Crippen LogP contribution in [0.15, 0.2) is 24.3 Å². The van der Waals surface area contributed by atoms with Gasteiger partial charge in [-0.05, 0) is 37.6 Å². The minimum Gasteiger partial charge on any atom is -0.435 e. The molecular formula is C14H19F2NO2. The average molecular weight is 271 g/mol. The Balaban J connectivity index is 1.81. The Morgan fingerprint density at radius 1 is 1.37 bits per heavy atom. The van der Waals surface area contributed by atoms with Crippen molar-refractivity contribution >= 4 is 0 Å². The highest BCUT2D eigenvalue weighted by Crippen LogP contribution is 2.17. The fraction of sp³-hybridized carbons (Fsp3) is 0.571. The summed E-state index contributed by atoms with van der Waals surface area (Å²) in [5.74, 6) is 0.195. The lowest BCUT2D eigenvalue weighted by Crippen LogP contribution is -2.28. The van der Waals surface area contributed by atoms with Crippen LogP contribution in [0.2, 0.25) is 0 Å². The van der Waals surface area contributed by atoms with Crippen LogP contribution < -0.4 is 4.74 Å². The van der Waals surface area contributed by atoms with Crippen molar-refractivity contribution in [2.45, 2.75) is 32.1 Å². The van der Waals surface area contributed by atoms with Gasteiger partial charge in [-0.3, -0.25) is 4.90 Å². The lowest BCUT2D eigenvalue weighted by molar-refractivity contribution is -0.0498. The van der Waals surface area contributed by atoms with E-state index in [4.69, 9.17) is 4.74 Å². The van der Waals surface area contributed by atoms with Crippen molar-refractivity contribution in [2.75, 3.05) is 20.2 Å². The zero-order valence-corrected chi connectivity index (χ0v) is 11.0. The molecule has 5 heteroatoms. The van der Waals surface area contributed by atoms with Crippen molar-refractivity contribution in [1.29, 1.82) is 0 Å². The number of halogens is 2. The standard InChI is InChI=1S/C14H19F2NO2/c1-17(10-13-3-2-8-18-13)9-11-4-6-12(7-5-11)19-14(15)16/h4-7,13-14H,2-3,8-10H2,1H3. The minimum absolute atomic E-state index is 0.195. The number of ether oxygens (including phenoxy) is 2. The molecule has 1 aliphatic rings. The molecule has 1 atom stereocenters. The van der Waals surface area contributed by atoms with Crippen LogP contribution in [0, 0.1) is 0 Å². The first-order valence-electron chi connectivity index (χ1n) is 6.47. The second-order valence-corrected chi connectivity index (χ2v) is 4.85. The summed E-state index contributed by atoms with van der Waals surface area (Å²) < 4.78 is 33.9. The van der Waals surface area contributed by atoms with Crippen LogP contribution in [0.5, 0.6) is 5.75 Å². The Kier molecular flexibility index (Phi) is 5.10. The predicted octanol–water partition coefficient (Wildman–Crippen LogP) is 2.90. The van der Waals surface area contributed by atoms with Gasteiger partial charge in [0, 0.05) is 19.7 Å². The molecule has 1 aromatic carbocycles. The number of nitrogens with zero attached hydrogens (tertiary/aromatic N) is 1. The van der Waals surface area contributed by atoms with Crippen molar-refractivity contribution in [3.8, 4) is 5.75 Å². The van der Waals surface area contributed by atoms with Gasteiger partial charge in [0.25, 0.3) is 0 Å². The Hall–Kier alpha value is -1.20. The smallest absolute Gasteiger partial charge is 0.387 e. The average Bonchev–Trinajstić information content (AvgIpc) is 2.83. The molecule has 0 aliphatic carbocycles. The molecule has 106 valence electrons. The number of likely N-dealkylation sites (N-methyl/N-ethyl adjacent to an activating group) is 1. The Morgan fingerprint density at radius 3 is 2.68 bits per heavy atom. The lowest BCUT2D eigenvalue weighted by Gasteiger charge is -2.20. The quantitative estimate of drug-likeness (QED) is 0.794. The van der Waals surface area contributed by atoms with E-state index >= 15 is 0 Å². The molecule has 2 rings (SSSR count). The van der Waals surface area contributed by atoms with Crippen molar-refractivity contribution in [3.63, 3.8) is 0 Å². The topological polar surface area (TPSA) is 21.7 Å². The molecule has 0 saturated carbocycles. The van der Waals surface area contributed by atoms with Crippen LogP contribution in [0.4, 0.5) is 8.78 Å². The molecule has 0 aromatic heterocycles. The number of alkyl halides is 2. The molecule has 1 unspecified atom stereocenters. The fourth-order valence-corrected chi connectivity index (χ4v) is 2.29. The maximum atomic E-state index is 12.0. The highest BCUT2D eigenvalue weighted by Gasteiger charge is 2.17. The molecule has 0 bridgehead atoms. The van der Waals surface area contributed by atoms with Gasteiger partial charge in [-0.15, -0.1) is 0 Å². The van der Waals surface area contributed by atoms with Gasteiger partial charge in [0.15, 0.2) is 0 Å². The maximum absolute atomic E-state index is 12.0. The van der Waals surface area contributed by atoms with Crippen molar-refractivity contribution in [1.82, 2.24) is 4.90 Å². The molecule has 1 aliphatic heterocycles. The van der Waals surface area contributed by atoms with Gasteiger partial charge in [-0.1, -0.05) is 12.1 Å². The Labute approximate surface area is 112 Å². The zero-order chi connectivity index (χ0) is 13.7. The summed E-state index contributed by atoms with van der Waals surface area (Å²) >= 11 is 0. The highest BCUT2D eigenvalue weighted by atomic mass is 19.3. The van der Waals surface area contributed by atoms with Gasteiger partial charge in [-0.25, -0.2) is 0 Å². The molecule has 19 heavy (non-hydrogen) atoms. The normalized spacial score (nSPS) is 19.3. The van der Waals surface area contributed by atoms with Crippen molar-refractivity contribution in [2.24, 2.45) is 0 Å². The van der Waals surface area contributed by atoms with E-state index in [1.54, 1.807) is 12.1 Å². The van der Waals surface area contributed by atoms with E-state index in [2.05, 4.69) is 9.64 Å². The fourth-order valence-electron chi connectivity index (χ4n) is 2.29. The molecular weight excluding hydrogens is 252 g/mol. The van der Waals surface area contributed by atoms with E-state index in [-0.39, 0.29) is 5.75 Å². The molecule has 1 saturated heterocycles. The molecule has 1 fully saturated rings. The van der Waals surface area contributed by atoms with E-state index in [1.165, 1.54) is 0 Å². The van der Waals surface area contributed by atoms with Gasteiger partial charge in [0.1, 0.15) is 5.75 Å². The second-order valence-electron chi connectivity index (χ2n) is 4.85.